The molecule has 5 fully saturated rings. The molecular weight excluding hydrogens is 544 g/mol. The van der Waals surface area contributed by atoms with Crippen molar-refractivity contribution in [3.63, 3.8) is 0 Å². The quantitative estimate of drug-likeness (QED) is 0.200. The van der Waals surface area contributed by atoms with Gasteiger partial charge in [-0.3, -0.25) is 0 Å². The van der Waals surface area contributed by atoms with Gasteiger partial charge in [-0.05, 0) is 79.4 Å². The van der Waals surface area contributed by atoms with Crippen LogP contribution in [-0.2, 0) is 9.47 Å². The van der Waals surface area contributed by atoms with E-state index in [9.17, 15) is 40.9 Å². The summed E-state index contributed by atoms with van der Waals surface area (Å²) in [6, 6.07) is 0. The zero-order valence-corrected chi connectivity index (χ0v) is 25.9. The Hall–Kier alpha value is -0.400. The minimum atomic E-state index is -1.27. The van der Waals surface area contributed by atoms with E-state index in [1.54, 1.807) is 0 Å². The molecule has 0 aromatic heterocycles. The third-order valence-corrected chi connectivity index (χ3v) is 12.9. The van der Waals surface area contributed by atoms with Crippen molar-refractivity contribution in [2.45, 2.75) is 147 Å². The van der Waals surface area contributed by atoms with E-state index in [0.29, 0.717) is 25.7 Å². The lowest BCUT2D eigenvalue weighted by atomic mass is 9.41. The van der Waals surface area contributed by atoms with Crippen molar-refractivity contribution in [2.75, 3.05) is 6.61 Å². The number of fused-ring (bicyclic) bond motifs is 5. The minimum Gasteiger partial charge on any atom is -0.394 e. The van der Waals surface area contributed by atoms with Crippen LogP contribution in [0.5, 0.6) is 0 Å². The Morgan fingerprint density at radius 1 is 0.833 bits per heavy atom. The lowest BCUT2D eigenvalue weighted by molar-refractivity contribution is -0.280. The maximum atomic E-state index is 12.5. The van der Waals surface area contributed by atoms with E-state index in [0.717, 1.165) is 19.3 Å². The number of hydrogen-bond acceptors (Lipinski definition) is 10. The van der Waals surface area contributed by atoms with E-state index >= 15 is 0 Å². The number of rotatable bonds is 8. The Morgan fingerprint density at radius 3 is 2.12 bits per heavy atom. The van der Waals surface area contributed by atoms with Gasteiger partial charge in [0.25, 0.3) is 0 Å². The molecule has 4 aliphatic carbocycles. The van der Waals surface area contributed by atoms with Gasteiger partial charge in [0.05, 0.1) is 42.7 Å². The molecule has 0 aromatic carbocycles. The van der Waals surface area contributed by atoms with Gasteiger partial charge in [-0.1, -0.05) is 34.6 Å². The Bertz CT molecular complexity index is 950. The van der Waals surface area contributed by atoms with Crippen LogP contribution in [0.4, 0.5) is 0 Å². The van der Waals surface area contributed by atoms with Crippen molar-refractivity contribution in [2.24, 2.45) is 46.3 Å². The van der Waals surface area contributed by atoms with Gasteiger partial charge in [0, 0.05) is 18.3 Å². The first-order valence-corrected chi connectivity index (χ1v) is 16.3. The molecule has 10 heteroatoms. The van der Waals surface area contributed by atoms with E-state index < -0.39 is 78.5 Å². The monoisotopic (exact) mass is 600 g/mol. The maximum absolute atomic E-state index is 12.5. The molecule has 0 bridgehead atoms. The molecule has 1 heterocycles. The van der Waals surface area contributed by atoms with Crippen LogP contribution in [0.1, 0.15) is 86.0 Å². The molecule has 244 valence electrons. The first-order chi connectivity index (χ1) is 19.6. The zero-order chi connectivity index (χ0) is 30.9. The highest BCUT2D eigenvalue weighted by Gasteiger charge is 2.71. The summed E-state index contributed by atoms with van der Waals surface area (Å²) in [4.78, 5) is 0. The minimum absolute atomic E-state index is 0.0911. The van der Waals surface area contributed by atoms with Crippen molar-refractivity contribution in [3.8, 4) is 0 Å². The van der Waals surface area contributed by atoms with E-state index in [1.165, 1.54) is 0 Å². The molecular formula is C32H56O10. The average molecular weight is 601 g/mol. The summed E-state index contributed by atoms with van der Waals surface area (Å²) in [5.74, 6) is -0.623. The van der Waals surface area contributed by atoms with E-state index in [-0.39, 0.29) is 41.6 Å². The van der Waals surface area contributed by atoms with Gasteiger partial charge in [-0.2, -0.15) is 0 Å². The lowest BCUT2D eigenvalue weighted by Gasteiger charge is -2.66. The van der Waals surface area contributed by atoms with Crippen LogP contribution < -0.4 is 0 Å². The largest absolute Gasteiger partial charge is 0.394 e. The zero-order valence-electron chi connectivity index (χ0n) is 25.9. The summed E-state index contributed by atoms with van der Waals surface area (Å²) >= 11 is 0. The second kappa shape index (κ2) is 11.8. The molecule has 42 heavy (non-hydrogen) atoms. The first kappa shape index (κ1) is 33.0. The van der Waals surface area contributed by atoms with Crippen molar-refractivity contribution >= 4 is 0 Å². The molecule has 9 unspecified atom stereocenters. The Balaban J connectivity index is 1.30. The van der Waals surface area contributed by atoms with Crippen LogP contribution in [0, 0.1) is 46.3 Å². The number of aliphatic hydroxyl groups excluding tert-OH is 7. The summed E-state index contributed by atoms with van der Waals surface area (Å²) in [6.07, 6.45) is -3.39. The van der Waals surface area contributed by atoms with Gasteiger partial charge >= 0.3 is 0 Å². The highest BCUT2D eigenvalue weighted by Crippen LogP contribution is 2.69. The molecule has 0 spiro atoms. The fourth-order valence-corrected chi connectivity index (χ4v) is 10.9. The number of aliphatic hydroxyl groups is 8. The first-order valence-electron chi connectivity index (χ1n) is 16.3. The van der Waals surface area contributed by atoms with Crippen molar-refractivity contribution in [1.82, 2.24) is 0 Å². The summed E-state index contributed by atoms with van der Waals surface area (Å²) in [5.41, 5.74) is -2.14. The third kappa shape index (κ3) is 5.10. The second-order valence-corrected chi connectivity index (χ2v) is 15.6. The number of ether oxygens (including phenoxy) is 2. The normalized spacial score (nSPS) is 53.9. The summed E-state index contributed by atoms with van der Waals surface area (Å²) in [6.45, 7) is 10.1. The van der Waals surface area contributed by atoms with Gasteiger partial charge in [-0.25, -0.2) is 0 Å². The van der Waals surface area contributed by atoms with Gasteiger partial charge in [0.15, 0.2) is 6.29 Å². The van der Waals surface area contributed by atoms with Crippen molar-refractivity contribution in [3.05, 3.63) is 0 Å². The standard InChI is InChI=1S/C32H56O10/c1-15(2)21(41-29-27(39)26(38)22(14-33)42-29)7-6-16(3)17-12-19(35)28-30(17,4)11-9-23-31(5)10-8-18(34)25(37)24(31)20(36)13-32(23,28)40/h15-29,33-40H,6-14H2,1-5H3/t16?,17-,18+,19-,20+,21?,22?,23?,24?,25+,26?,27?,28?,29?,30-,31-,32+/m1/s1. The molecule has 17 atom stereocenters. The molecule has 1 saturated heterocycles. The SMILES string of the molecule is CC(C)C(CCC(C)[C@H]1C[C@@H](O)C2[C@]3(O)C[C@H](O)C4[C@@H](O)[C@@H](O)CC[C@]4(C)C3CC[C@@]21C)OC1OC(CO)C(O)C1O. The van der Waals surface area contributed by atoms with Crippen molar-refractivity contribution < 1.29 is 50.3 Å². The van der Waals surface area contributed by atoms with Gasteiger partial charge in [0.1, 0.15) is 18.3 Å². The van der Waals surface area contributed by atoms with Crippen molar-refractivity contribution in [1.29, 1.82) is 0 Å². The fraction of sp³-hybridized carbons (Fsp3) is 1.00. The maximum Gasteiger partial charge on any atom is 0.186 e. The molecule has 5 rings (SSSR count). The number of hydrogen-bond donors (Lipinski definition) is 8. The Labute approximate surface area is 250 Å². The Kier molecular flexibility index (Phi) is 9.23. The van der Waals surface area contributed by atoms with E-state index in [4.69, 9.17) is 9.47 Å². The summed E-state index contributed by atoms with van der Waals surface area (Å²) in [5, 5.41) is 86.6. The summed E-state index contributed by atoms with van der Waals surface area (Å²) in [7, 11) is 0. The molecule has 0 radical (unpaired) electrons. The van der Waals surface area contributed by atoms with Crippen LogP contribution in [0.3, 0.4) is 0 Å². The molecule has 10 nitrogen and oxygen atoms in total. The predicted molar refractivity (Wildman–Crippen MR) is 153 cm³/mol. The molecule has 1 aliphatic heterocycles. The predicted octanol–water partition coefficient (Wildman–Crippen LogP) is 0.930. The highest BCUT2D eigenvalue weighted by molar-refractivity contribution is 5.21. The molecule has 0 amide bonds. The van der Waals surface area contributed by atoms with E-state index in [1.807, 2.05) is 20.8 Å². The molecule has 8 N–H and O–H groups in total. The molecule has 4 saturated carbocycles. The van der Waals surface area contributed by atoms with Crippen LogP contribution in [0.15, 0.2) is 0 Å². The van der Waals surface area contributed by atoms with Gasteiger partial charge < -0.3 is 50.3 Å². The second-order valence-electron chi connectivity index (χ2n) is 15.6. The van der Waals surface area contributed by atoms with Gasteiger partial charge in [-0.15, -0.1) is 0 Å². The third-order valence-electron chi connectivity index (χ3n) is 12.9. The molecule has 0 aromatic rings. The topological polar surface area (TPSA) is 180 Å². The molecule has 5 aliphatic rings. The lowest BCUT2D eigenvalue weighted by Crippen LogP contribution is -2.70. The van der Waals surface area contributed by atoms with E-state index in [2.05, 4.69) is 13.8 Å². The van der Waals surface area contributed by atoms with Gasteiger partial charge in [0.2, 0.25) is 0 Å². The van der Waals surface area contributed by atoms with Crippen LogP contribution in [0.25, 0.3) is 0 Å². The highest BCUT2D eigenvalue weighted by atomic mass is 16.7. The summed E-state index contributed by atoms with van der Waals surface area (Å²) < 4.78 is 11.7. The smallest absolute Gasteiger partial charge is 0.186 e. The fourth-order valence-electron chi connectivity index (χ4n) is 10.9. The van der Waals surface area contributed by atoms with Crippen LogP contribution in [-0.4, -0.2) is 108 Å². The van der Waals surface area contributed by atoms with Crippen LogP contribution in [0.2, 0.25) is 0 Å². The Morgan fingerprint density at radius 2 is 1.50 bits per heavy atom. The average Bonchev–Trinajstić information content (AvgIpc) is 3.35. The van der Waals surface area contributed by atoms with Crippen LogP contribution >= 0.6 is 0 Å².